The van der Waals surface area contributed by atoms with E-state index in [0.717, 1.165) is 13.7 Å². The Bertz CT molecular complexity index is 814. The Morgan fingerprint density at radius 3 is 2.70 bits per heavy atom. The van der Waals surface area contributed by atoms with Crippen LogP contribution in [0.5, 0.6) is 0 Å². The largest absolute Gasteiger partial charge is 0.399 e. The van der Waals surface area contributed by atoms with Gasteiger partial charge in [0.2, 0.25) is 0 Å². The number of halogens is 1. The van der Waals surface area contributed by atoms with Crippen molar-refractivity contribution in [1.82, 2.24) is 4.31 Å². The molecule has 0 atom stereocenters. The van der Waals surface area contributed by atoms with E-state index in [0.29, 0.717) is 5.69 Å². The van der Waals surface area contributed by atoms with Gasteiger partial charge in [-0.1, -0.05) is 0 Å². The van der Waals surface area contributed by atoms with E-state index in [1.165, 1.54) is 29.5 Å². The Morgan fingerprint density at radius 1 is 1.30 bits per heavy atom. The van der Waals surface area contributed by atoms with E-state index >= 15 is 0 Å². The highest BCUT2D eigenvalue weighted by Gasteiger charge is 2.41. The van der Waals surface area contributed by atoms with Crippen LogP contribution in [0.3, 0.4) is 0 Å². The van der Waals surface area contributed by atoms with E-state index in [1.807, 2.05) is 5.38 Å². The molecule has 8 heteroatoms. The van der Waals surface area contributed by atoms with Gasteiger partial charge in [-0.05, 0) is 40.2 Å². The molecule has 0 bridgehead atoms. The normalized spacial score (nSPS) is 16.4. The molecule has 1 amide bonds. The van der Waals surface area contributed by atoms with Gasteiger partial charge in [0.15, 0.2) is 0 Å². The topological polar surface area (TPSA) is 80.5 Å². The maximum absolute atomic E-state index is 12.4. The van der Waals surface area contributed by atoms with Crippen LogP contribution in [0.25, 0.3) is 0 Å². The minimum Gasteiger partial charge on any atom is -0.399 e. The summed E-state index contributed by atoms with van der Waals surface area (Å²) in [4.78, 5) is 13.0. The number of sulfonamides is 1. The van der Waals surface area contributed by atoms with Crippen molar-refractivity contribution >= 4 is 48.9 Å². The molecule has 1 aromatic heterocycles. The standard InChI is InChI=1S/C12H9BrN2O3S2/c13-7-3-9(19-6-7)5-15-12(16)10-2-1-8(14)4-11(10)20(15,17)18/h1-4,6H,5,14H2. The summed E-state index contributed by atoms with van der Waals surface area (Å²) in [5.74, 6) is -0.510. The van der Waals surface area contributed by atoms with Crippen LogP contribution < -0.4 is 5.73 Å². The Hall–Kier alpha value is -1.38. The first-order chi connectivity index (χ1) is 9.39. The first-order valence-electron chi connectivity index (χ1n) is 5.59. The van der Waals surface area contributed by atoms with Crippen molar-refractivity contribution in [3.05, 3.63) is 44.6 Å². The highest BCUT2D eigenvalue weighted by molar-refractivity contribution is 9.10. The summed E-state index contributed by atoms with van der Waals surface area (Å²) >= 11 is 4.70. The molecule has 0 saturated heterocycles. The Balaban J connectivity index is 2.05. The first kappa shape index (κ1) is 13.6. The number of rotatable bonds is 2. The van der Waals surface area contributed by atoms with Crippen molar-refractivity contribution in [3.63, 3.8) is 0 Å². The molecule has 1 aliphatic heterocycles. The van der Waals surface area contributed by atoms with Crippen LogP contribution in [0.2, 0.25) is 0 Å². The average molecular weight is 373 g/mol. The number of benzene rings is 1. The van der Waals surface area contributed by atoms with Gasteiger partial charge in [0, 0.05) is 20.4 Å². The summed E-state index contributed by atoms with van der Waals surface area (Å²) in [6, 6.07) is 6.10. The summed E-state index contributed by atoms with van der Waals surface area (Å²) in [7, 11) is -3.81. The summed E-state index contributed by atoms with van der Waals surface area (Å²) < 4.78 is 26.5. The number of nitrogens with zero attached hydrogens (tertiary/aromatic N) is 1. The zero-order valence-corrected chi connectivity index (χ0v) is 13.3. The van der Waals surface area contributed by atoms with Gasteiger partial charge in [-0.3, -0.25) is 4.79 Å². The third-order valence-corrected chi connectivity index (χ3v) is 6.40. The maximum atomic E-state index is 12.4. The van der Waals surface area contributed by atoms with Crippen LogP contribution in [-0.2, 0) is 16.6 Å². The third kappa shape index (κ3) is 2.04. The fourth-order valence-corrected chi connectivity index (χ4v) is 5.13. The molecule has 3 rings (SSSR count). The van der Waals surface area contributed by atoms with Crippen molar-refractivity contribution in [2.45, 2.75) is 11.4 Å². The van der Waals surface area contributed by atoms with Gasteiger partial charge in [-0.15, -0.1) is 11.3 Å². The van der Waals surface area contributed by atoms with E-state index in [2.05, 4.69) is 15.9 Å². The van der Waals surface area contributed by atoms with Crippen LogP contribution in [0.4, 0.5) is 5.69 Å². The SMILES string of the molecule is Nc1ccc2c(c1)S(=O)(=O)N(Cc1cc(Br)cs1)C2=O. The average Bonchev–Trinajstić information content (AvgIpc) is 2.86. The van der Waals surface area contributed by atoms with Crippen LogP contribution >= 0.6 is 27.3 Å². The second kappa shape index (κ2) is 4.57. The van der Waals surface area contributed by atoms with E-state index in [4.69, 9.17) is 5.73 Å². The van der Waals surface area contributed by atoms with E-state index in [9.17, 15) is 13.2 Å². The molecule has 0 unspecified atom stereocenters. The number of carbonyl (C=O) groups is 1. The lowest BCUT2D eigenvalue weighted by Gasteiger charge is -2.13. The molecule has 0 saturated carbocycles. The zero-order chi connectivity index (χ0) is 14.5. The molecule has 2 heterocycles. The van der Waals surface area contributed by atoms with Crippen molar-refractivity contribution in [1.29, 1.82) is 0 Å². The smallest absolute Gasteiger partial charge is 0.269 e. The molecular weight excluding hydrogens is 364 g/mol. The summed E-state index contributed by atoms with van der Waals surface area (Å²) in [6.45, 7) is 0.0337. The molecule has 0 aliphatic carbocycles. The van der Waals surface area contributed by atoms with Crippen molar-refractivity contribution in [2.75, 3.05) is 5.73 Å². The molecule has 104 valence electrons. The lowest BCUT2D eigenvalue weighted by Crippen LogP contribution is -2.29. The molecule has 1 aliphatic rings. The molecular formula is C12H9BrN2O3S2. The summed E-state index contributed by atoms with van der Waals surface area (Å²) in [6.07, 6.45) is 0. The van der Waals surface area contributed by atoms with Crippen molar-refractivity contribution in [2.24, 2.45) is 0 Å². The molecule has 20 heavy (non-hydrogen) atoms. The number of carbonyl (C=O) groups excluding carboxylic acids is 1. The highest BCUT2D eigenvalue weighted by Crippen LogP contribution is 2.34. The predicted octanol–water partition coefficient (Wildman–Crippen LogP) is 2.44. The van der Waals surface area contributed by atoms with Gasteiger partial charge in [-0.25, -0.2) is 12.7 Å². The first-order valence-corrected chi connectivity index (χ1v) is 8.70. The lowest BCUT2D eigenvalue weighted by molar-refractivity contribution is 0.0866. The van der Waals surface area contributed by atoms with Crippen LogP contribution in [0.1, 0.15) is 15.2 Å². The molecule has 1 aromatic carbocycles. The molecule has 0 radical (unpaired) electrons. The molecule has 0 spiro atoms. The quantitative estimate of drug-likeness (QED) is 0.820. The predicted molar refractivity (Wildman–Crippen MR) is 79.9 cm³/mol. The fraction of sp³-hybridized carbons (Fsp3) is 0.0833. The Kier molecular flexibility index (Phi) is 3.11. The summed E-state index contributed by atoms with van der Waals surface area (Å²) in [5, 5.41) is 1.84. The molecule has 0 fully saturated rings. The van der Waals surface area contributed by atoms with Gasteiger partial charge in [0.05, 0.1) is 12.1 Å². The van der Waals surface area contributed by atoms with Crippen LogP contribution in [0, 0.1) is 0 Å². The summed E-state index contributed by atoms with van der Waals surface area (Å²) in [5.41, 5.74) is 6.10. The van der Waals surface area contributed by atoms with E-state index in [1.54, 1.807) is 6.07 Å². The van der Waals surface area contributed by atoms with Gasteiger partial charge in [-0.2, -0.15) is 0 Å². The van der Waals surface area contributed by atoms with Crippen LogP contribution in [0.15, 0.2) is 39.0 Å². The number of thiophene rings is 1. The Morgan fingerprint density at radius 2 is 2.05 bits per heavy atom. The van der Waals surface area contributed by atoms with E-state index in [-0.39, 0.29) is 17.0 Å². The zero-order valence-electron chi connectivity index (χ0n) is 10.0. The Labute approximate surface area is 128 Å². The monoisotopic (exact) mass is 372 g/mol. The number of nitrogen functional groups attached to an aromatic ring is 1. The van der Waals surface area contributed by atoms with Gasteiger partial charge in [0.1, 0.15) is 4.90 Å². The number of nitrogens with two attached hydrogens (primary N) is 1. The van der Waals surface area contributed by atoms with Gasteiger partial charge in [0.25, 0.3) is 15.9 Å². The number of anilines is 1. The van der Waals surface area contributed by atoms with Crippen molar-refractivity contribution in [3.8, 4) is 0 Å². The number of amides is 1. The maximum Gasteiger partial charge on any atom is 0.269 e. The minimum absolute atomic E-state index is 0.0156. The minimum atomic E-state index is -3.81. The van der Waals surface area contributed by atoms with Crippen LogP contribution in [-0.4, -0.2) is 18.6 Å². The third-order valence-electron chi connectivity index (χ3n) is 2.95. The fourth-order valence-electron chi connectivity index (χ4n) is 2.03. The number of fused-ring (bicyclic) bond motifs is 1. The lowest BCUT2D eigenvalue weighted by atomic mass is 10.2. The second-order valence-electron chi connectivity index (χ2n) is 4.30. The number of hydrogen-bond acceptors (Lipinski definition) is 5. The molecule has 2 N–H and O–H groups in total. The highest BCUT2D eigenvalue weighted by atomic mass is 79.9. The van der Waals surface area contributed by atoms with E-state index < -0.39 is 15.9 Å². The van der Waals surface area contributed by atoms with Gasteiger partial charge >= 0.3 is 0 Å². The molecule has 5 nitrogen and oxygen atoms in total. The second-order valence-corrected chi connectivity index (χ2v) is 8.05. The van der Waals surface area contributed by atoms with Gasteiger partial charge < -0.3 is 5.73 Å². The van der Waals surface area contributed by atoms with Crippen molar-refractivity contribution < 1.29 is 13.2 Å². The number of hydrogen-bond donors (Lipinski definition) is 1. The molecule has 2 aromatic rings.